The van der Waals surface area contributed by atoms with Gasteiger partial charge in [-0.2, -0.15) is 0 Å². The zero-order valence-electron chi connectivity index (χ0n) is 11.7. The molecule has 1 fully saturated rings. The van der Waals surface area contributed by atoms with E-state index in [4.69, 9.17) is 0 Å². The summed E-state index contributed by atoms with van der Waals surface area (Å²) in [5.41, 5.74) is -0.367. The third kappa shape index (κ3) is 2.73. The third-order valence-electron chi connectivity index (χ3n) is 3.82. The second-order valence-corrected chi connectivity index (χ2v) is 6.49. The predicted molar refractivity (Wildman–Crippen MR) is 69.2 cm³/mol. The molecular formula is C13H26N2O2. The Morgan fingerprint density at radius 2 is 2.06 bits per heavy atom. The van der Waals surface area contributed by atoms with Gasteiger partial charge in [0.2, 0.25) is 0 Å². The monoisotopic (exact) mass is 242 g/mol. The maximum absolute atomic E-state index is 11.5. The molecule has 2 N–H and O–H groups in total. The van der Waals surface area contributed by atoms with Crippen molar-refractivity contribution in [2.45, 2.75) is 46.6 Å². The number of hydrogen-bond donors (Lipinski definition) is 2. The van der Waals surface area contributed by atoms with Crippen molar-refractivity contribution >= 4 is 6.09 Å². The van der Waals surface area contributed by atoms with Crippen molar-refractivity contribution in [3.8, 4) is 0 Å². The number of carbonyl (C=O) groups is 1. The Kier molecular flexibility index (Phi) is 4.07. The van der Waals surface area contributed by atoms with Crippen molar-refractivity contribution < 1.29 is 9.90 Å². The fourth-order valence-electron chi connectivity index (χ4n) is 2.91. The fraction of sp³-hybridized carbons (Fsp3) is 0.923. The van der Waals surface area contributed by atoms with Gasteiger partial charge >= 0.3 is 6.09 Å². The molecule has 1 aliphatic rings. The highest BCUT2D eigenvalue weighted by atomic mass is 16.4. The van der Waals surface area contributed by atoms with Crippen molar-refractivity contribution in [2.75, 3.05) is 19.6 Å². The van der Waals surface area contributed by atoms with Crippen molar-refractivity contribution in [1.82, 2.24) is 10.2 Å². The van der Waals surface area contributed by atoms with Gasteiger partial charge in [-0.15, -0.1) is 0 Å². The van der Waals surface area contributed by atoms with Gasteiger partial charge in [0.25, 0.3) is 0 Å². The Morgan fingerprint density at radius 3 is 2.47 bits per heavy atom. The number of nitrogens with one attached hydrogen (secondary N) is 1. The molecule has 1 aliphatic heterocycles. The fourth-order valence-corrected chi connectivity index (χ4v) is 2.91. The quantitative estimate of drug-likeness (QED) is 0.782. The van der Waals surface area contributed by atoms with Gasteiger partial charge < -0.3 is 10.4 Å². The average Bonchev–Trinajstić information content (AvgIpc) is 2.15. The first-order valence-electron chi connectivity index (χ1n) is 6.42. The molecule has 1 rings (SSSR count). The highest BCUT2D eigenvalue weighted by Gasteiger charge is 2.50. The smallest absolute Gasteiger partial charge is 0.407 e. The van der Waals surface area contributed by atoms with E-state index in [1.807, 2.05) is 0 Å². The number of rotatable bonds is 2. The highest BCUT2D eigenvalue weighted by Crippen LogP contribution is 2.41. The molecule has 17 heavy (non-hydrogen) atoms. The van der Waals surface area contributed by atoms with Gasteiger partial charge in [0, 0.05) is 19.6 Å². The van der Waals surface area contributed by atoms with E-state index >= 15 is 0 Å². The summed E-state index contributed by atoms with van der Waals surface area (Å²) in [5.74, 6) is 0.482. The van der Waals surface area contributed by atoms with Crippen LogP contribution in [0.25, 0.3) is 0 Å². The number of nitrogens with zero attached hydrogens (tertiary/aromatic N) is 1. The topological polar surface area (TPSA) is 52.6 Å². The Bertz CT molecular complexity index is 284. The van der Waals surface area contributed by atoms with Gasteiger partial charge in [-0.05, 0) is 17.8 Å². The molecular weight excluding hydrogens is 216 g/mol. The summed E-state index contributed by atoms with van der Waals surface area (Å²) in [6.45, 7) is 12.8. The number of hydrogen-bond acceptors (Lipinski definition) is 2. The first-order valence-corrected chi connectivity index (χ1v) is 6.42. The highest BCUT2D eigenvalue weighted by molar-refractivity contribution is 5.66. The molecule has 0 aromatic heterocycles. The molecule has 1 atom stereocenters. The van der Waals surface area contributed by atoms with Crippen LogP contribution >= 0.6 is 0 Å². The molecule has 100 valence electrons. The van der Waals surface area contributed by atoms with Crippen LogP contribution < -0.4 is 5.32 Å². The lowest BCUT2D eigenvalue weighted by molar-refractivity contribution is -0.0276. The largest absolute Gasteiger partial charge is 0.465 e. The van der Waals surface area contributed by atoms with Crippen LogP contribution in [0.4, 0.5) is 4.79 Å². The summed E-state index contributed by atoms with van der Waals surface area (Å²) in [6.07, 6.45) is 0.109. The van der Waals surface area contributed by atoms with Gasteiger partial charge in [0.05, 0.1) is 5.54 Å². The number of carboxylic acid groups (broad SMARTS) is 1. The summed E-state index contributed by atoms with van der Waals surface area (Å²) in [4.78, 5) is 13.2. The molecule has 0 saturated carbocycles. The van der Waals surface area contributed by atoms with E-state index in [2.05, 4.69) is 39.9 Å². The molecule has 4 nitrogen and oxygen atoms in total. The Hall–Kier alpha value is -0.770. The third-order valence-corrected chi connectivity index (χ3v) is 3.82. The van der Waals surface area contributed by atoms with Crippen molar-refractivity contribution in [1.29, 1.82) is 0 Å². The summed E-state index contributed by atoms with van der Waals surface area (Å²) < 4.78 is 0. The molecule has 0 unspecified atom stereocenters. The Balaban J connectivity index is 3.12. The molecule has 0 spiro atoms. The first kappa shape index (κ1) is 14.3. The van der Waals surface area contributed by atoms with E-state index in [-0.39, 0.29) is 11.0 Å². The van der Waals surface area contributed by atoms with Crippen molar-refractivity contribution in [3.05, 3.63) is 0 Å². The van der Waals surface area contributed by atoms with E-state index in [9.17, 15) is 9.90 Å². The Labute approximate surface area is 104 Å². The van der Waals surface area contributed by atoms with Gasteiger partial charge in [-0.1, -0.05) is 34.6 Å². The minimum Gasteiger partial charge on any atom is -0.465 e. The second kappa shape index (κ2) is 4.84. The van der Waals surface area contributed by atoms with Crippen LogP contribution in [0.5, 0.6) is 0 Å². The van der Waals surface area contributed by atoms with Gasteiger partial charge in [-0.25, -0.2) is 4.79 Å². The van der Waals surface area contributed by atoms with E-state index in [0.29, 0.717) is 12.5 Å². The average molecular weight is 242 g/mol. The van der Waals surface area contributed by atoms with Crippen LogP contribution in [0, 0.1) is 11.3 Å². The van der Waals surface area contributed by atoms with Gasteiger partial charge in [0.15, 0.2) is 0 Å². The zero-order chi connectivity index (χ0) is 13.3. The Morgan fingerprint density at radius 1 is 1.47 bits per heavy atom. The summed E-state index contributed by atoms with van der Waals surface area (Å²) in [7, 11) is 0. The van der Waals surface area contributed by atoms with Crippen LogP contribution in [-0.4, -0.2) is 41.3 Å². The van der Waals surface area contributed by atoms with E-state index < -0.39 is 6.09 Å². The molecule has 0 radical (unpaired) electrons. The van der Waals surface area contributed by atoms with Crippen molar-refractivity contribution in [3.63, 3.8) is 0 Å². The van der Waals surface area contributed by atoms with Gasteiger partial charge in [-0.3, -0.25) is 4.90 Å². The first-order chi connectivity index (χ1) is 7.71. The van der Waals surface area contributed by atoms with Crippen LogP contribution in [0.1, 0.15) is 41.0 Å². The maximum Gasteiger partial charge on any atom is 0.407 e. The second-order valence-electron chi connectivity index (χ2n) is 6.49. The SMILES string of the molecule is CC(C)C[C@@]1(C(C)(C)C)CNCCN1C(=O)O. The molecule has 0 aliphatic carbocycles. The van der Waals surface area contributed by atoms with Crippen LogP contribution in [0.2, 0.25) is 0 Å². The maximum atomic E-state index is 11.5. The van der Waals surface area contributed by atoms with Crippen LogP contribution in [0.3, 0.4) is 0 Å². The lowest BCUT2D eigenvalue weighted by atomic mass is 9.67. The summed E-state index contributed by atoms with van der Waals surface area (Å²) in [5, 5.41) is 12.8. The molecule has 0 aromatic carbocycles. The number of amides is 1. The molecule has 1 heterocycles. The van der Waals surface area contributed by atoms with Crippen molar-refractivity contribution in [2.24, 2.45) is 11.3 Å². The summed E-state index contributed by atoms with van der Waals surface area (Å²) >= 11 is 0. The lowest BCUT2D eigenvalue weighted by Gasteiger charge is -2.54. The minimum atomic E-state index is -0.790. The molecule has 1 amide bonds. The number of piperazine rings is 1. The lowest BCUT2D eigenvalue weighted by Crippen LogP contribution is -2.68. The molecule has 0 bridgehead atoms. The van der Waals surface area contributed by atoms with E-state index in [0.717, 1.165) is 19.5 Å². The molecule has 0 aromatic rings. The minimum absolute atomic E-state index is 0.0664. The zero-order valence-corrected chi connectivity index (χ0v) is 11.7. The standard InChI is InChI=1S/C13H26N2O2/c1-10(2)8-13(12(3,4)5)9-14-6-7-15(13)11(16)17/h10,14H,6-9H2,1-5H3,(H,16,17)/t13-/m0/s1. The van der Waals surface area contributed by atoms with Crippen LogP contribution in [0.15, 0.2) is 0 Å². The van der Waals surface area contributed by atoms with Gasteiger partial charge in [0.1, 0.15) is 0 Å². The normalized spacial score (nSPS) is 26.4. The molecule has 4 heteroatoms. The van der Waals surface area contributed by atoms with E-state index in [1.165, 1.54) is 0 Å². The van der Waals surface area contributed by atoms with Crippen LogP contribution in [-0.2, 0) is 0 Å². The molecule has 1 saturated heterocycles. The van der Waals surface area contributed by atoms with E-state index in [1.54, 1.807) is 4.90 Å². The predicted octanol–water partition coefficient (Wildman–Crippen LogP) is 2.40. The summed E-state index contributed by atoms with van der Waals surface area (Å²) in [6, 6.07) is 0.